The zero-order valence-electron chi connectivity index (χ0n) is 12.1. The number of carbonyl (C=O) groups is 1. The van der Waals surface area contributed by atoms with Crippen LogP contribution in [0.4, 0.5) is 0 Å². The Balaban J connectivity index is 1.74. The molecule has 1 aliphatic heterocycles. The van der Waals surface area contributed by atoms with Crippen LogP contribution >= 0.6 is 0 Å². The Morgan fingerprint density at radius 3 is 3.14 bits per heavy atom. The molecule has 7 heteroatoms. The summed E-state index contributed by atoms with van der Waals surface area (Å²) in [5.41, 5.74) is 0.101. The largest absolute Gasteiger partial charge is 0.391 e. The van der Waals surface area contributed by atoms with Gasteiger partial charge in [0.1, 0.15) is 6.33 Å². The van der Waals surface area contributed by atoms with Gasteiger partial charge in [0, 0.05) is 18.7 Å². The molecular weight excluding hydrogens is 284 g/mol. The summed E-state index contributed by atoms with van der Waals surface area (Å²) in [6, 6.07) is 3.08. The molecule has 2 aromatic rings. The van der Waals surface area contributed by atoms with Crippen molar-refractivity contribution >= 4 is 16.8 Å². The number of nitrogens with zero attached hydrogens (tertiary/aromatic N) is 3. The number of nitrogens with one attached hydrogen (secondary N) is 1. The predicted octanol–water partition coefficient (Wildman–Crippen LogP) is -0.136. The van der Waals surface area contributed by atoms with E-state index in [1.165, 1.54) is 10.9 Å². The van der Waals surface area contributed by atoms with Crippen molar-refractivity contribution in [2.24, 2.45) is 0 Å². The zero-order chi connectivity index (χ0) is 15.5. The molecule has 0 saturated carbocycles. The van der Waals surface area contributed by atoms with E-state index in [4.69, 9.17) is 0 Å². The number of aliphatic hydroxyl groups excluding tert-OH is 1. The lowest BCUT2D eigenvalue weighted by molar-refractivity contribution is -0.121. The fourth-order valence-electron chi connectivity index (χ4n) is 2.75. The molecule has 1 aliphatic rings. The summed E-state index contributed by atoms with van der Waals surface area (Å²) in [5.74, 6) is -0.106. The molecule has 2 aromatic heterocycles. The molecule has 0 radical (unpaired) electrons. The minimum Gasteiger partial charge on any atom is -0.391 e. The van der Waals surface area contributed by atoms with Crippen LogP contribution in [0.2, 0.25) is 0 Å². The lowest BCUT2D eigenvalue weighted by atomic mass is 9.97. The summed E-state index contributed by atoms with van der Waals surface area (Å²) in [5, 5.41) is 13.4. The van der Waals surface area contributed by atoms with E-state index in [9.17, 15) is 14.7 Å². The second-order valence-electron chi connectivity index (χ2n) is 5.57. The summed E-state index contributed by atoms with van der Waals surface area (Å²) in [7, 11) is 0. The molecule has 0 unspecified atom stereocenters. The maximum Gasteiger partial charge on any atom is 0.263 e. The number of hydrogen-bond acceptors (Lipinski definition) is 6. The highest BCUT2D eigenvalue weighted by atomic mass is 16.3. The van der Waals surface area contributed by atoms with Gasteiger partial charge in [-0.15, -0.1) is 0 Å². The van der Waals surface area contributed by atoms with Crippen molar-refractivity contribution in [3.05, 3.63) is 35.0 Å². The molecule has 1 saturated heterocycles. The third-order valence-corrected chi connectivity index (χ3v) is 3.94. The Bertz CT molecular complexity index is 743. The van der Waals surface area contributed by atoms with E-state index in [-0.39, 0.29) is 30.3 Å². The highest BCUT2D eigenvalue weighted by molar-refractivity contribution is 5.79. The molecule has 3 rings (SSSR count). The van der Waals surface area contributed by atoms with Crippen LogP contribution in [0.3, 0.4) is 0 Å². The molecule has 2 N–H and O–H groups in total. The topological polar surface area (TPSA) is 97.1 Å². The van der Waals surface area contributed by atoms with Gasteiger partial charge in [-0.3, -0.25) is 14.2 Å². The fraction of sp³-hybridized carbons (Fsp3) is 0.467. The van der Waals surface area contributed by atoms with Crippen LogP contribution in [-0.2, 0) is 11.3 Å². The van der Waals surface area contributed by atoms with Crippen molar-refractivity contribution in [3.63, 3.8) is 0 Å². The van der Waals surface area contributed by atoms with Crippen LogP contribution < -0.4 is 10.9 Å². The van der Waals surface area contributed by atoms with E-state index < -0.39 is 6.10 Å². The van der Waals surface area contributed by atoms with E-state index in [0.29, 0.717) is 17.5 Å². The molecule has 0 aliphatic carbocycles. The Kier molecular flexibility index (Phi) is 4.26. The number of Topliss-reactive ketones (excluding diaryl/α,β-unsaturated/α-hetero) is 1. The van der Waals surface area contributed by atoms with E-state index >= 15 is 0 Å². The average molecular weight is 302 g/mol. The number of rotatable bonds is 4. The quantitative estimate of drug-likeness (QED) is 0.816. The molecule has 0 bridgehead atoms. The SMILES string of the molecule is O=C(C[C@H]1NCCC[C@@H]1O)Cn1cnc2ncccc2c1=O. The first-order valence-electron chi connectivity index (χ1n) is 7.38. The van der Waals surface area contributed by atoms with E-state index in [2.05, 4.69) is 15.3 Å². The van der Waals surface area contributed by atoms with E-state index in [1.807, 2.05) is 0 Å². The van der Waals surface area contributed by atoms with Crippen molar-refractivity contribution in [1.29, 1.82) is 0 Å². The number of aromatic nitrogens is 3. The van der Waals surface area contributed by atoms with Gasteiger partial charge in [0.2, 0.25) is 0 Å². The van der Waals surface area contributed by atoms with Crippen molar-refractivity contribution in [1.82, 2.24) is 19.9 Å². The smallest absolute Gasteiger partial charge is 0.263 e. The Morgan fingerprint density at radius 1 is 1.45 bits per heavy atom. The second kappa shape index (κ2) is 6.33. The molecule has 7 nitrogen and oxygen atoms in total. The van der Waals surface area contributed by atoms with Crippen molar-refractivity contribution in [2.75, 3.05) is 6.54 Å². The fourth-order valence-corrected chi connectivity index (χ4v) is 2.75. The molecule has 0 amide bonds. The number of pyridine rings is 1. The third-order valence-electron chi connectivity index (χ3n) is 3.94. The number of aliphatic hydroxyl groups is 1. The Morgan fingerprint density at radius 2 is 2.32 bits per heavy atom. The summed E-state index contributed by atoms with van der Waals surface area (Å²) in [6.45, 7) is 0.764. The molecular formula is C15H18N4O3. The number of piperidine rings is 1. The lowest BCUT2D eigenvalue weighted by Crippen LogP contribution is -2.46. The first-order chi connectivity index (χ1) is 10.6. The van der Waals surface area contributed by atoms with Gasteiger partial charge < -0.3 is 10.4 Å². The first kappa shape index (κ1) is 14.8. The summed E-state index contributed by atoms with van der Waals surface area (Å²) < 4.78 is 1.29. The van der Waals surface area contributed by atoms with E-state index in [0.717, 1.165) is 13.0 Å². The third kappa shape index (κ3) is 3.05. The van der Waals surface area contributed by atoms with Crippen LogP contribution in [0.15, 0.2) is 29.5 Å². The molecule has 3 heterocycles. The Labute approximate surface area is 127 Å². The van der Waals surface area contributed by atoms with Crippen molar-refractivity contribution < 1.29 is 9.90 Å². The maximum absolute atomic E-state index is 12.3. The van der Waals surface area contributed by atoms with Gasteiger partial charge in [-0.2, -0.15) is 0 Å². The molecule has 2 atom stereocenters. The average Bonchev–Trinajstić information content (AvgIpc) is 2.53. The second-order valence-corrected chi connectivity index (χ2v) is 5.57. The summed E-state index contributed by atoms with van der Waals surface area (Å²) >= 11 is 0. The van der Waals surface area contributed by atoms with Gasteiger partial charge >= 0.3 is 0 Å². The predicted molar refractivity (Wildman–Crippen MR) is 80.5 cm³/mol. The standard InChI is InChI=1S/C15H18N4O3/c20-10(7-12-13(21)4-2-5-16-12)8-19-9-18-14-11(15(19)22)3-1-6-17-14/h1,3,6,9,12-13,16,21H,2,4-5,7-8H2/t12-,13+/m1/s1. The van der Waals surface area contributed by atoms with Gasteiger partial charge in [0.25, 0.3) is 5.56 Å². The molecule has 116 valence electrons. The monoisotopic (exact) mass is 302 g/mol. The van der Waals surface area contributed by atoms with E-state index in [1.54, 1.807) is 18.3 Å². The number of carbonyl (C=O) groups excluding carboxylic acids is 1. The Hall–Kier alpha value is -2.12. The number of hydrogen-bond donors (Lipinski definition) is 2. The van der Waals surface area contributed by atoms with Crippen molar-refractivity contribution in [3.8, 4) is 0 Å². The molecule has 22 heavy (non-hydrogen) atoms. The maximum atomic E-state index is 12.3. The summed E-state index contributed by atoms with van der Waals surface area (Å²) in [6.07, 6.45) is 4.23. The van der Waals surface area contributed by atoms with Gasteiger partial charge in [0.05, 0.1) is 18.0 Å². The van der Waals surface area contributed by atoms with Crippen LogP contribution in [-0.4, -0.2) is 44.1 Å². The van der Waals surface area contributed by atoms with Crippen molar-refractivity contribution in [2.45, 2.75) is 38.0 Å². The lowest BCUT2D eigenvalue weighted by Gasteiger charge is -2.28. The molecule has 0 spiro atoms. The zero-order valence-corrected chi connectivity index (χ0v) is 12.1. The van der Waals surface area contributed by atoms with Gasteiger partial charge in [-0.05, 0) is 31.5 Å². The minimum atomic E-state index is -0.506. The minimum absolute atomic E-state index is 0.0401. The number of ketones is 1. The number of fused-ring (bicyclic) bond motifs is 1. The highest BCUT2D eigenvalue weighted by Crippen LogP contribution is 2.12. The summed E-state index contributed by atoms with van der Waals surface area (Å²) in [4.78, 5) is 32.6. The first-order valence-corrected chi connectivity index (χ1v) is 7.38. The van der Waals surface area contributed by atoms with Gasteiger partial charge in [0.15, 0.2) is 11.4 Å². The van der Waals surface area contributed by atoms with Gasteiger partial charge in [-0.1, -0.05) is 0 Å². The van der Waals surface area contributed by atoms with Crippen LogP contribution in [0.1, 0.15) is 19.3 Å². The normalized spacial score (nSPS) is 21.9. The van der Waals surface area contributed by atoms with Crippen LogP contribution in [0, 0.1) is 0 Å². The molecule has 0 aromatic carbocycles. The van der Waals surface area contributed by atoms with Crippen LogP contribution in [0.25, 0.3) is 11.0 Å². The highest BCUT2D eigenvalue weighted by Gasteiger charge is 2.24. The van der Waals surface area contributed by atoms with Crippen LogP contribution in [0.5, 0.6) is 0 Å². The van der Waals surface area contributed by atoms with Gasteiger partial charge in [-0.25, -0.2) is 9.97 Å². The molecule has 1 fully saturated rings.